The minimum Gasteiger partial charge on any atom is -0.496 e. The third-order valence-corrected chi connectivity index (χ3v) is 2.43. The Morgan fingerprint density at radius 1 is 1.53 bits per heavy atom. The van der Waals surface area contributed by atoms with E-state index in [1.54, 1.807) is 7.11 Å². The van der Waals surface area contributed by atoms with E-state index in [0.29, 0.717) is 11.5 Å². The highest BCUT2D eigenvalue weighted by atomic mass is 16.5. The molecular weight excluding hydrogens is 216 g/mol. The Morgan fingerprint density at radius 2 is 2.24 bits per heavy atom. The summed E-state index contributed by atoms with van der Waals surface area (Å²) in [6.07, 6.45) is 6.81. The SMILES string of the molecule is C=C(OC=N)C1=CC(C)C=C(NC)C=C1OC. The summed E-state index contributed by atoms with van der Waals surface area (Å²) in [6.45, 7) is 5.84. The fourth-order valence-electron chi connectivity index (χ4n) is 1.63. The van der Waals surface area contributed by atoms with E-state index in [-0.39, 0.29) is 5.92 Å². The van der Waals surface area contributed by atoms with E-state index in [1.807, 2.05) is 19.2 Å². The van der Waals surface area contributed by atoms with Gasteiger partial charge in [0.15, 0.2) is 6.40 Å². The summed E-state index contributed by atoms with van der Waals surface area (Å²) in [6, 6.07) is 0. The molecule has 0 amide bonds. The van der Waals surface area contributed by atoms with Gasteiger partial charge in [0.05, 0.1) is 12.7 Å². The Morgan fingerprint density at radius 3 is 2.76 bits per heavy atom. The molecule has 17 heavy (non-hydrogen) atoms. The topological polar surface area (TPSA) is 54.3 Å². The average Bonchev–Trinajstić information content (AvgIpc) is 2.48. The first-order chi connectivity index (χ1) is 8.12. The van der Waals surface area contributed by atoms with Crippen LogP contribution < -0.4 is 5.32 Å². The number of ether oxygens (including phenoxy) is 2. The van der Waals surface area contributed by atoms with Crippen molar-refractivity contribution in [3.63, 3.8) is 0 Å². The molecule has 4 nitrogen and oxygen atoms in total. The molecule has 0 aliphatic heterocycles. The van der Waals surface area contributed by atoms with Gasteiger partial charge in [-0.15, -0.1) is 0 Å². The Hall–Kier alpha value is -1.97. The van der Waals surface area contributed by atoms with Gasteiger partial charge in [-0.1, -0.05) is 25.7 Å². The van der Waals surface area contributed by atoms with Gasteiger partial charge in [-0.2, -0.15) is 0 Å². The molecular formula is C13H18N2O2. The van der Waals surface area contributed by atoms with Crippen LogP contribution in [0.5, 0.6) is 0 Å². The summed E-state index contributed by atoms with van der Waals surface area (Å²) in [5, 5.41) is 10.0. The maximum Gasteiger partial charge on any atom is 0.173 e. The zero-order valence-corrected chi connectivity index (χ0v) is 10.4. The zero-order valence-electron chi connectivity index (χ0n) is 10.4. The van der Waals surface area contributed by atoms with E-state index in [2.05, 4.69) is 24.9 Å². The smallest absolute Gasteiger partial charge is 0.173 e. The van der Waals surface area contributed by atoms with Crippen molar-refractivity contribution < 1.29 is 9.47 Å². The van der Waals surface area contributed by atoms with Gasteiger partial charge in [0.2, 0.25) is 0 Å². The van der Waals surface area contributed by atoms with Gasteiger partial charge in [0.25, 0.3) is 0 Å². The second-order valence-electron chi connectivity index (χ2n) is 3.68. The quantitative estimate of drug-likeness (QED) is 0.436. The minimum atomic E-state index is 0.224. The second kappa shape index (κ2) is 5.94. The van der Waals surface area contributed by atoms with Gasteiger partial charge >= 0.3 is 0 Å². The van der Waals surface area contributed by atoms with Gasteiger partial charge in [-0.3, -0.25) is 5.41 Å². The van der Waals surface area contributed by atoms with Gasteiger partial charge in [-0.05, 0) is 5.92 Å². The monoisotopic (exact) mass is 234 g/mol. The number of hydrogen-bond acceptors (Lipinski definition) is 4. The number of nitrogens with one attached hydrogen (secondary N) is 2. The van der Waals surface area contributed by atoms with E-state index >= 15 is 0 Å². The first-order valence-electron chi connectivity index (χ1n) is 5.34. The van der Waals surface area contributed by atoms with E-state index in [4.69, 9.17) is 14.9 Å². The zero-order chi connectivity index (χ0) is 12.8. The molecule has 1 rings (SSSR count). The second-order valence-corrected chi connectivity index (χ2v) is 3.68. The number of rotatable bonds is 5. The lowest BCUT2D eigenvalue weighted by Gasteiger charge is -2.12. The van der Waals surface area contributed by atoms with Crippen LogP contribution >= 0.6 is 0 Å². The molecule has 4 heteroatoms. The van der Waals surface area contributed by atoms with E-state index < -0.39 is 0 Å². The molecule has 2 N–H and O–H groups in total. The molecule has 0 saturated carbocycles. The Bertz CT molecular complexity index is 406. The van der Waals surface area contributed by atoms with Crippen LogP contribution in [0.4, 0.5) is 0 Å². The van der Waals surface area contributed by atoms with E-state index in [1.165, 1.54) is 0 Å². The Kier molecular flexibility index (Phi) is 4.57. The summed E-state index contributed by atoms with van der Waals surface area (Å²) < 4.78 is 10.3. The molecule has 1 atom stereocenters. The highest BCUT2D eigenvalue weighted by molar-refractivity contribution is 5.51. The molecule has 1 unspecified atom stereocenters. The van der Waals surface area contributed by atoms with Crippen LogP contribution in [0.3, 0.4) is 0 Å². The molecule has 0 aromatic carbocycles. The molecule has 0 saturated heterocycles. The van der Waals surface area contributed by atoms with Crippen LogP contribution in [-0.4, -0.2) is 20.6 Å². The molecule has 92 valence electrons. The molecule has 0 bridgehead atoms. The van der Waals surface area contributed by atoms with Gasteiger partial charge in [-0.25, -0.2) is 0 Å². The standard InChI is InChI=1S/C13H18N2O2/c1-9-5-11(15-3)7-13(16-4)12(6-9)10(2)17-8-14/h5-9,14-15H,2H2,1,3-4H3. The largest absolute Gasteiger partial charge is 0.496 e. The van der Waals surface area contributed by atoms with E-state index in [9.17, 15) is 0 Å². The Labute approximate surface area is 102 Å². The maximum absolute atomic E-state index is 6.93. The van der Waals surface area contributed by atoms with Crippen LogP contribution in [0.2, 0.25) is 0 Å². The summed E-state index contributed by atoms with van der Waals surface area (Å²) in [5.41, 5.74) is 1.74. The predicted molar refractivity (Wildman–Crippen MR) is 68.5 cm³/mol. The lowest BCUT2D eigenvalue weighted by molar-refractivity contribution is 0.294. The van der Waals surface area contributed by atoms with Crippen molar-refractivity contribution in [3.05, 3.63) is 47.6 Å². The third-order valence-electron chi connectivity index (χ3n) is 2.43. The number of hydrogen-bond donors (Lipinski definition) is 2. The van der Waals surface area contributed by atoms with Gasteiger partial charge in [0.1, 0.15) is 11.5 Å². The van der Waals surface area contributed by atoms with Gasteiger partial charge < -0.3 is 14.8 Å². The first-order valence-corrected chi connectivity index (χ1v) is 5.34. The summed E-state index contributed by atoms with van der Waals surface area (Å²) in [4.78, 5) is 0. The summed E-state index contributed by atoms with van der Waals surface area (Å²) in [7, 11) is 3.46. The van der Waals surface area contributed by atoms with E-state index in [0.717, 1.165) is 17.7 Å². The molecule has 0 radical (unpaired) electrons. The summed E-state index contributed by atoms with van der Waals surface area (Å²) in [5.74, 6) is 1.30. The first kappa shape index (κ1) is 13.1. The van der Waals surface area contributed by atoms with Crippen molar-refractivity contribution >= 4 is 6.40 Å². The van der Waals surface area contributed by atoms with Crippen molar-refractivity contribution in [3.8, 4) is 0 Å². The molecule has 0 fully saturated rings. The number of likely N-dealkylation sites (N-methyl/N-ethyl adjacent to an activating group) is 1. The van der Waals surface area contributed by atoms with Crippen LogP contribution in [-0.2, 0) is 9.47 Å². The fourth-order valence-corrected chi connectivity index (χ4v) is 1.63. The lowest BCUT2D eigenvalue weighted by Crippen LogP contribution is -2.05. The van der Waals surface area contributed by atoms with Crippen LogP contribution in [0.1, 0.15) is 6.92 Å². The molecule has 1 aliphatic carbocycles. The van der Waals surface area contributed by atoms with Crippen LogP contribution in [0.15, 0.2) is 47.6 Å². The third kappa shape index (κ3) is 3.24. The highest BCUT2D eigenvalue weighted by Gasteiger charge is 2.15. The molecule has 0 aromatic heterocycles. The molecule has 0 spiro atoms. The van der Waals surface area contributed by atoms with Crippen molar-refractivity contribution in [2.75, 3.05) is 14.2 Å². The average molecular weight is 234 g/mol. The number of methoxy groups -OCH3 is 1. The number of allylic oxidation sites excluding steroid dienone is 3. The lowest BCUT2D eigenvalue weighted by atomic mass is 10.1. The molecule has 0 heterocycles. The highest BCUT2D eigenvalue weighted by Crippen LogP contribution is 2.26. The minimum absolute atomic E-state index is 0.224. The Balaban J connectivity index is 3.11. The maximum atomic E-state index is 6.93. The molecule has 0 aromatic rings. The van der Waals surface area contributed by atoms with Crippen molar-refractivity contribution in [2.45, 2.75) is 6.92 Å². The van der Waals surface area contributed by atoms with Crippen molar-refractivity contribution in [2.24, 2.45) is 5.92 Å². The molecule has 1 aliphatic rings. The van der Waals surface area contributed by atoms with Crippen LogP contribution in [0, 0.1) is 11.3 Å². The van der Waals surface area contributed by atoms with Crippen LogP contribution in [0.25, 0.3) is 0 Å². The summed E-state index contributed by atoms with van der Waals surface area (Å²) >= 11 is 0. The van der Waals surface area contributed by atoms with Crippen molar-refractivity contribution in [1.82, 2.24) is 5.32 Å². The predicted octanol–water partition coefficient (Wildman–Crippen LogP) is 2.33. The fraction of sp³-hybridized carbons (Fsp3) is 0.308. The van der Waals surface area contributed by atoms with Gasteiger partial charge in [0, 0.05) is 18.8 Å². The van der Waals surface area contributed by atoms with Crippen molar-refractivity contribution in [1.29, 1.82) is 5.41 Å². The normalized spacial score (nSPS) is 19.2.